The minimum atomic E-state index is 0.230. The molecule has 138 valence electrons. The maximum Gasteiger partial charge on any atom is 0.0852 e. The van der Waals surface area contributed by atoms with E-state index in [4.69, 9.17) is 9.47 Å². The van der Waals surface area contributed by atoms with Crippen molar-refractivity contribution in [2.75, 3.05) is 26.3 Å². The summed E-state index contributed by atoms with van der Waals surface area (Å²) < 4.78 is 12.0. The number of ether oxygens (including phenoxy) is 2. The number of fused-ring (bicyclic) bond motifs is 1. The summed E-state index contributed by atoms with van der Waals surface area (Å²) in [6, 6.07) is 11.7. The molecule has 0 radical (unpaired) electrons. The molecule has 3 aliphatic rings. The molecule has 4 heteroatoms. The van der Waals surface area contributed by atoms with E-state index in [1.807, 2.05) is 0 Å². The molecular formula is C21H32N2O2. The predicted molar refractivity (Wildman–Crippen MR) is 99.5 cm³/mol. The number of rotatable bonds is 5. The summed E-state index contributed by atoms with van der Waals surface area (Å²) in [7, 11) is 0. The van der Waals surface area contributed by atoms with Gasteiger partial charge in [0, 0.05) is 49.7 Å². The van der Waals surface area contributed by atoms with Crippen molar-refractivity contribution < 1.29 is 9.47 Å². The highest BCUT2D eigenvalue weighted by Gasteiger charge is 2.59. The Morgan fingerprint density at radius 3 is 2.80 bits per heavy atom. The van der Waals surface area contributed by atoms with Crippen LogP contribution in [-0.2, 0) is 16.0 Å². The van der Waals surface area contributed by atoms with Gasteiger partial charge >= 0.3 is 0 Å². The standard InChI is InChI=1S/C21H32N2O2/c1-15(22-19-17-9-11-25-20(17)21(19,2)3)18-14-23(10-12-24-18)13-16-7-5-4-6-8-16/h4-8,15,17-20,22H,9-14H2,1-3H3/t15-,17-,18+,19+,20+/m0/s1. The van der Waals surface area contributed by atoms with Crippen molar-refractivity contribution in [2.24, 2.45) is 11.3 Å². The van der Waals surface area contributed by atoms with Crippen LogP contribution in [0, 0.1) is 11.3 Å². The second kappa shape index (κ2) is 6.99. The monoisotopic (exact) mass is 344 g/mol. The first-order chi connectivity index (χ1) is 12.1. The predicted octanol–water partition coefficient (Wildman–Crippen LogP) is 2.68. The summed E-state index contributed by atoms with van der Waals surface area (Å²) in [5.74, 6) is 0.682. The van der Waals surface area contributed by atoms with Gasteiger partial charge in [0.15, 0.2) is 0 Å². The van der Waals surface area contributed by atoms with Gasteiger partial charge in [0.25, 0.3) is 0 Å². The van der Waals surface area contributed by atoms with E-state index in [9.17, 15) is 0 Å². The maximum absolute atomic E-state index is 6.12. The Kier molecular flexibility index (Phi) is 4.89. The summed E-state index contributed by atoms with van der Waals surface area (Å²) in [4.78, 5) is 2.52. The summed E-state index contributed by atoms with van der Waals surface area (Å²) >= 11 is 0. The lowest BCUT2D eigenvalue weighted by Gasteiger charge is -2.56. The Morgan fingerprint density at radius 1 is 1.20 bits per heavy atom. The fraction of sp³-hybridized carbons (Fsp3) is 0.714. The van der Waals surface area contributed by atoms with Gasteiger partial charge in [0.2, 0.25) is 0 Å². The Morgan fingerprint density at radius 2 is 2.00 bits per heavy atom. The van der Waals surface area contributed by atoms with Gasteiger partial charge in [-0.25, -0.2) is 0 Å². The molecule has 25 heavy (non-hydrogen) atoms. The molecule has 1 aromatic rings. The molecular weight excluding hydrogens is 312 g/mol. The van der Waals surface area contributed by atoms with Gasteiger partial charge < -0.3 is 14.8 Å². The van der Waals surface area contributed by atoms with E-state index in [0.29, 0.717) is 24.1 Å². The highest BCUT2D eigenvalue weighted by Crippen LogP contribution is 2.52. The van der Waals surface area contributed by atoms with Crippen molar-refractivity contribution in [1.82, 2.24) is 10.2 Å². The van der Waals surface area contributed by atoms with Crippen LogP contribution >= 0.6 is 0 Å². The molecule has 4 rings (SSSR count). The van der Waals surface area contributed by atoms with Crippen molar-refractivity contribution in [1.29, 1.82) is 0 Å². The molecule has 0 aromatic heterocycles. The van der Waals surface area contributed by atoms with Crippen LogP contribution in [0.4, 0.5) is 0 Å². The minimum Gasteiger partial charge on any atom is -0.377 e. The van der Waals surface area contributed by atoms with E-state index in [-0.39, 0.29) is 11.5 Å². The Labute approximate surface area is 151 Å². The summed E-state index contributed by atoms with van der Waals surface area (Å²) in [5.41, 5.74) is 1.61. The topological polar surface area (TPSA) is 33.7 Å². The Hall–Kier alpha value is -0.940. The molecule has 1 N–H and O–H groups in total. The molecule has 0 bridgehead atoms. The summed E-state index contributed by atoms with van der Waals surface area (Å²) in [6.45, 7) is 11.8. The van der Waals surface area contributed by atoms with Crippen molar-refractivity contribution in [3.05, 3.63) is 35.9 Å². The van der Waals surface area contributed by atoms with E-state index >= 15 is 0 Å². The van der Waals surface area contributed by atoms with Crippen LogP contribution in [-0.4, -0.2) is 55.5 Å². The van der Waals surface area contributed by atoms with E-state index in [2.05, 4.69) is 61.3 Å². The van der Waals surface area contributed by atoms with Gasteiger partial charge in [-0.2, -0.15) is 0 Å². The fourth-order valence-electron chi connectivity index (χ4n) is 5.07. The molecule has 0 spiro atoms. The quantitative estimate of drug-likeness (QED) is 0.890. The molecule has 2 saturated heterocycles. The Balaban J connectivity index is 1.33. The van der Waals surface area contributed by atoms with Crippen LogP contribution in [0.15, 0.2) is 30.3 Å². The number of hydrogen-bond donors (Lipinski definition) is 1. The van der Waals surface area contributed by atoms with Crippen LogP contribution in [0.3, 0.4) is 0 Å². The average Bonchev–Trinajstić information content (AvgIpc) is 3.08. The molecule has 4 nitrogen and oxygen atoms in total. The highest BCUT2D eigenvalue weighted by molar-refractivity contribution is 5.15. The largest absolute Gasteiger partial charge is 0.377 e. The van der Waals surface area contributed by atoms with E-state index in [1.165, 1.54) is 12.0 Å². The van der Waals surface area contributed by atoms with Crippen LogP contribution in [0.25, 0.3) is 0 Å². The van der Waals surface area contributed by atoms with Crippen LogP contribution < -0.4 is 5.32 Å². The van der Waals surface area contributed by atoms with Gasteiger partial charge in [-0.3, -0.25) is 4.90 Å². The van der Waals surface area contributed by atoms with Crippen LogP contribution in [0.2, 0.25) is 0 Å². The third-order valence-electron chi connectivity index (χ3n) is 6.53. The number of nitrogens with one attached hydrogen (secondary N) is 1. The van der Waals surface area contributed by atoms with Gasteiger partial charge in [-0.1, -0.05) is 44.2 Å². The number of hydrogen-bond acceptors (Lipinski definition) is 4. The Bertz CT molecular complexity index is 577. The third kappa shape index (κ3) is 3.37. The molecule has 2 heterocycles. The molecule has 0 unspecified atom stereocenters. The highest BCUT2D eigenvalue weighted by atomic mass is 16.5. The van der Waals surface area contributed by atoms with Crippen molar-refractivity contribution >= 4 is 0 Å². The average molecular weight is 344 g/mol. The van der Waals surface area contributed by atoms with Gasteiger partial charge in [-0.05, 0) is 18.9 Å². The van der Waals surface area contributed by atoms with Crippen LogP contribution in [0.1, 0.15) is 32.8 Å². The lowest BCUT2D eigenvalue weighted by molar-refractivity contribution is -0.124. The van der Waals surface area contributed by atoms with Gasteiger partial charge in [-0.15, -0.1) is 0 Å². The van der Waals surface area contributed by atoms with Crippen molar-refractivity contribution in [3.63, 3.8) is 0 Å². The zero-order valence-corrected chi connectivity index (χ0v) is 15.8. The lowest BCUT2D eigenvalue weighted by Crippen LogP contribution is -2.68. The number of nitrogens with zero attached hydrogens (tertiary/aromatic N) is 1. The third-order valence-corrected chi connectivity index (χ3v) is 6.53. The second-order valence-electron chi connectivity index (χ2n) is 8.63. The SMILES string of the molecule is C[C@H](N[C@@H]1[C@@H]2CCO[C@H]2C1(C)C)[C@H]1CN(Cc2ccccc2)CCO1. The molecule has 0 amide bonds. The summed E-state index contributed by atoms with van der Waals surface area (Å²) in [6.07, 6.45) is 1.90. The van der Waals surface area contributed by atoms with Crippen molar-refractivity contribution in [2.45, 2.75) is 58.0 Å². The fourth-order valence-corrected chi connectivity index (χ4v) is 5.07. The molecule has 3 fully saturated rings. The zero-order chi connectivity index (χ0) is 17.4. The van der Waals surface area contributed by atoms with Gasteiger partial charge in [0.1, 0.15) is 0 Å². The second-order valence-corrected chi connectivity index (χ2v) is 8.63. The number of morpholine rings is 1. The summed E-state index contributed by atoms with van der Waals surface area (Å²) in [5, 5.41) is 3.90. The molecule has 5 atom stereocenters. The molecule has 1 aromatic carbocycles. The number of benzene rings is 1. The van der Waals surface area contributed by atoms with Gasteiger partial charge in [0.05, 0.1) is 18.8 Å². The van der Waals surface area contributed by atoms with E-state index in [0.717, 1.165) is 32.8 Å². The van der Waals surface area contributed by atoms with E-state index in [1.54, 1.807) is 0 Å². The molecule has 1 aliphatic carbocycles. The minimum absolute atomic E-state index is 0.230. The van der Waals surface area contributed by atoms with Crippen LogP contribution in [0.5, 0.6) is 0 Å². The normalized spacial score (nSPS) is 35.8. The first-order valence-electron chi connectivity index (χ1n) is 9.81. The molecule has 1 saturated carbocycles. The lowest BCUT2D eigenvalue weighted by atomic mass is 9.57. The first-order valence-corrected chi connectivity index (χ1v) is 9.81. The zero-order valence-electron chi connectivity index (χ0n) is 15.8. The smallest absolute Gasteiger partial charge is 0.0852 e. The van der Waals surface area contributed by atoms with Crippen molar-refractivity contribution in [3.8, 4) is 0 Å². The van der Waals surface area contributed by atoms with E-state index < -0.39 is 0 Å². The maximum atomic E-state index is 6.12. The molecule has 2 aliphatic heterocycles. The first kappa shape index (κ1) is 17.5.